The van der Waals surface area contributed by atoms with E-state index in [0.29, 0.717) is 18.4 Å². The van der Waals surface area contributed by atoms with Gasteiger partial charge in [0.2, 0.25) is 0 Å². The van der Waals surface area contributed by atoms with Gasteiger partial charge >= 0.3 is 0 Å². The molecule has 0 aromatic heterocycles. The van der Waals surface area contributed by atoms with Gasteiger partial charge in [0.25, 0.3) is 0 Å². The van der Waals surface area contributed by atoms with Crippen molar-refractivity contribution in [1.82, 2.24) is 0 Å². The zero-order valence-corrected chi connectivity index (χ0v) is 13.8. The van der Waals surface area contributed by atoms with E-state index in [4.69, 9.17) is 0 Å². The molecule has 1 N–H and O–H groups in total. The Kier molecular flexibility index (Phi) is 5.16. The summed E-state index contributed by atoms with van der Waals surface area (Å²) >= 11 is 0. The van der Waals surface area contributed by atoms with Gasteiger partial charge in [-0.2, -0.15) is 0 Å². The summed E-state index contributed by atoms with van der Waals surface area (Å²) < 4.78 is 0. The molecule has 1 aliphatic carbocycles. The SMILES string of the molecule is Cc1ccc(C#Cc2ccc(C3CCC(CO)CC3)cc2)cc1. The molecule has 0 radical (unpaired) electrons. The molecule has 0 unspecified atom stereocenters. The number of aliphatic hydroxyl groups excluding tert-OH is 1. The van der Waals surface area contributed by atoms with Gasteiger partial charge in [-0.1, -0.05) is 41.7 Å². The number of aryl methyl sites for hydroxylation is 1. The van der Waals surface area contributed by atoms with Crippen molar-refractivity contribution in [1.29, 1.82) is 0 Å². The summed E-state index contributed by atoms with van der Waals surface area (Å²) in [5.41, 5.74) is 4.80. The highest BCUT2D eigenvalue weighted by atomic mass is 16.3. The zero-order chi connectivity index (χ0) is 16.1. The molecule has 0 heterocycles. The average molecular weight is 304 g/mol. The molecule has 1 nitrogen and oxygen atoms in total. The molecule has 2 aromatic rings. The van der Waals surface area contributed by atoms with Gasteiger partial charge < -0.3 is 5.11 Å². The van der Waals surface area contributed by atoms with Crippen LogP contribution in [0.2, 0.25) is 0 Å². The second-order valence-electron chi connectivity index (χ2n) is 6.64. The van der Waals surface area contributed by atoms with Crippen LogP contribution in [-0.4, -0.2) is 11.7 Å². The summed E-state index contributed by atoms with van der Waals surface area (Å²) in [5, 5.41) is 9.24. The first-order valence-electron chi connectivity index (χ1n) is 8.54. The van der Waals surface area contributed by atoms with E-state index in [2.05, 4.69) is 67.3 Å². The molecule has 0 bridgehead atoms. The Morgan fingerprint density at radius 2 is 1.35 bits per heavy atom. The van der Waals surface area contributed by atoms with Gasteiger partial charge in [-0.05, 0) is 74.3 Å². The minimum absolute atomic E-state index is 0.347. The van der Waals surface area contributed by atoms with Gasteiger partial charge in [-0.3, -0.25) is 0 Å². The molecule has 3 rings (SSSR count). The fraction of sp³-hybridized carbons (Fsp3) is 0.364. The largest absolute Gasteiger partial charge is 0.396 e. The minimum atomic E-state index is 0.347. The minimum Gasteiger partial charge on any atom is -0.396 e. The van der Waals surface area contributed by atoms with Gasteiger partial charge in [-0.15, -0.1) is 0 Å². The molecule has 1 fully saturated rings. The standard InChI is InChI=1S/C22H24O/c1-17-2-4-18(5-3-17)6-7-19-8-12-21(13-9-19)22-14-10-20(16-23)11-15-22/h2-5,8-9,12-13,20,22-23H,10-11,14-16H2,1H3. The van der Waals surface area contributed by atoms with Crippen LogP contribution in [0, 0.1) is 24.7 Å². The first kappa shape index (κ1) is 15.8. The fourth-order valence-corrected chi connectivity index (χ4v) is 3.30. The Bertz CT molecular complexity index is 677. The summed E-state index contributed by atoms with van der Waals surface area (Å²) in [6.07, 6.45) is 4.69. The van der Waals surface area contributed by atoms with Crippen LogP contribution in [-0.2, 0) is 0 Å². The Labute approximate surface area is 139 Å². The molecule has 118 valence electrons. The van der Waals surface area contributed by atoms with Crippen molar-refractivity contribution in [2.45, 2.75) is 38.5 Å². The van der Waals surface area contributed by atoms with Crippen LogP contribution < -0.4 is 0 Å². The maximum atomic E-state index is 9.24. The van der Waals surface area contributed by atoms with Gasteiger partial charge in [0.05, 0.1) is 0 Å². The van der Waals surface area contributed by atoms with Crippen LogP contribution in [0.5, 0.6) is 0 Å². The summed E-state index contributed by atoms with van der Waals surface area (Å²) in [6, 6.07) is 17.0. The Hall–Kier alpha value is -2.04. The average Bonchev–Trinajstić information content (AvgIpc) is 2.62. The van der Waals surface area contributed by atoms with Crippen LogP contribution in [0.15, 0.2) is 48.5 Å². The summed E-state index contributed by atoms with van der Waals surface area (Å²) in [6.45, 7) is 2.43. The molecule has 2 aromatic carbocycles. The second-order valence-corrected chi connectivity index (χ2v) is 6.64. The maximum absolute atomic E-state index is 9.24. The molecule has 0 saturated heterocycles. The molecule has 0 atom stereocenters. The number of aliphatic hydroxyl groups is 1. The van der Waals surface area contributed by atoms with Gasteiger partial charge in [-0.25, -0.2) is 0 Å². The van der Waals surface area contributed by atoms with E-state index in [0.717, 1.165) is 24.0 Å². The third-order valence-electron chi connectivity index (χ3n) is 4.89. The highest BCUT2D eigenvalue weighted by Crippen LogP contribution is 2.35. The molecule has 1 saturated carbocycles. The third-order valence-corrected chi connectivity index (χ3v) is 4.89. The number of hydrogen-bond donors (Lipinski definition) is 1. The van der Waals surface area contributed by atoms with Crippen molar-refractivity contribution in [2.24, 2.45) is 5.92 Å². The molecular weight excluding hydrogens is 280 g/mol. The van der Waals surface area contributed by atoms with E-state index in [1.165, 1.54) is 24.0 Å². The molecular formula is C22H24O. The van der Waals surface area contributed by atoms with Crippen molar-refractivity contribution in [3.63, 3.8) is 0 Å². The lowest BCUT2D eigenvalue weighted by Crippen LogP contribution is -2.16. The van der Waals surface area contributed by atoms with Crippen molar-refractivity contribution < 1.29 is 5.11 Å². The van der Waals surface area contributed by atoms with Gasteiger partial charge in [0.15, 0.2) is 0 Å². The van der Waals surface area contributed by atoms with Crippen molar-refractivity contribution in [3.05, 3.63) is 70.8 Å². The monoisotopic (exact) mass is 304 g/mol. The van der Waals surface area contributed by atoms with E-state index in [-0.39, 0.29) is 0 Å². The lowest BCUT2D eigenvalue weighted by atomic mass is 9.79. The normalized spacial score (nSPS) is 20.6. The molecule has 23 heavy (non-hydrogen) atoms. The van der Waals surface area contributed by atoms with Gasteiger partial charge in [0.1, 0.15) is 0 Å². The molecule has 0 amide bonds. The third kappa shape index (κ3) is 4.24. The molecule has 0 aliphatic heterocycles. The molecule has 0 spiro atoms. The smallest absolute Gasteiger partial charge is 0.0459 e. The van der Waals surface area contributed by atoms with Crippen LogP contribution >= 0.6 is 0 Å². The lowest BCUT2D eigenvalue weighted by molar-refractivity contribution is 0.182. The quantitative estimate of drug-likeness (QED) is 0.800. The zero-order valence-electron chi connectivity index (χ0n) is 13.8. The lowest BCUT2D eigenvalue weighted by Gasteiger charge is -2.27. The Morgan fingerprint density at radius 1 is 0.826 bits per heavy atom. The van der Waals surface area contributed by atoms with Crippen LogP contribution in [0.1, 0.15) is 53.9 Å². The molecule has 1 aliphatic rings. The molecule has 1 heteroatoms. The number of rotatable bonds is 2. The predicted molar refractivity (Wildman–Crippen MR) is 95.4 cm³/mol. The predicted octanol–water partition coefficient (Wildman–Crippen LogP) is 4.66. The topological polar surface area (TPSA) is 20.2 Å². The van der Waals surface area contributed by atoms with Crippen molar-refractivity contribution in [3.8, 4) is 11.8 Å². The van der Waals surface area contributed by atoms with E-state index >= 15 is 0 Å². The van der Waals surface area contributed by atoms with Crippen LogP contribution in [0.3, 0.4) is 0 Å². The first-order chi connectivity index (χ1) is 11.2. The van der Waals surface area contributed by atoms with E-state index < -0.39 is 0 Å². The van der Waals surface area contributed by atoms with E-state index in [9.17, 15) is 5.11 Å². The Morgan fingerprint density at radius 3 is 1.87 bits per heavy atom. The second kappa shape index (κ2) is 7.49. The summed E-state index contributed by atoms with van der Waals surface area (Å²) in [7, 11) is 0. The summed E-state index contributed by atoms with van der Waals surface area (Å²) in [4.78, 5) is 0. The van der Waals surface area contributed by atoms with E-state index in [1.54, 1.807) is 0 Å². The highest BCUT2D eigenvalue weighted by molar-refractivity contribution is 5.44. The van der Waals surface area contributed by atoms with Crippen LogP contribution in [0.25, 0.3) is 0 Å². The number of hydrogen-bond acceptors (Lipinski definition) is 1. The van der Waals surface area contributed by atoms with E-state index in [1.807, 2.05) is 0 Å². The summed E-state index contributed by atoms with van der Waals surface area (Å²) in [5.74, 6) is 7.64. The maximum Gasteiger partial charge on any atom is 0.0459 e. The highest BCUT2D eigenvalue weighted by Gasteiger charge is 2.21. The van der Waals surface area contributed by atoms with Crippen LogP contribution in [0.4, 0.5) is 0 Å². The first-order valence-corrected chi connectivity index (χ1v) is 8.54. The fourth-order valence-electron chi connectivity index (χ4n) is 3.30. The Balaban J connectivity index is 1.65. The van der Waals surface area contributed by atoms with Gasteiger partial charge in [0, 0.05) is 17.7 Å². The number of benzene rings is 2. The van der Waals surface area contributed by atoms with Crippen molar-refractivity contribution >= 4 is 0 Å². The van der Waals surface area contributed by atoms with Crippen molar-refractivity contribution in [2.75, 3.05) is 6.61 Å².